The molecule has 4 N–H and O–H groups in total. The first kappa shape index (κ1) is 21.8. The fourth-order valence-corrected chi connectivity index (χ4v) is 6.45. The molecule has 0 radical (unpaired) electrons. The summed E-state index contributed by atoms with van der Waals surface area (Å²) >= 11 is 1.80. The van der Waals surface area contributed by atoms with E-state index in [4.69, 9.17) is 16.5 Å². The number of amides is 1. The van der Waals surface area contributed by atoms with E-state index in [-0.39, 0.29) is 18.0 Å². The van der Waals surface area contributed by atoms with Gasteiger partial charge >= 0.3 is 0 Å². The van der Waals surface area contributed by atoms with Gasteiger partial charge in [0.25, 0.3) is 5.91 Å². The second kappa shape index (κ2) is 8.80. The molecular weight excluding hydrogens is 442 g/mol. The number of carbonyl (C=O) groups excluding carboxylic acids is 1. The summed E-state index contributed by atoms with van der Waals surface area (Å²) in [5.74, 6) is 1.57. The Balaban J connectivity index is 1.30. The normalized spacial score (nSPS) is 20.6. The number of hydrogen-bond acceptors (Lipinski definition) is 6. The molecule has 6 rings (SSSR count). The number of anilines is 2. The van der Waals surface area contributed by atoms with Gasteiger partial charge in [-0.05, 0) is 55.0 Å². The fourth-order valence-electron chi connectivity index (χ4n) is 5.19. The summed E-state index contributed by atoms with van der Waals surface area (Å²) in [6.07, 6.45) is 5.48. The molecule has 1 amide bonds. The number of fused-ring (bicyclic) bond motifs is 3. The molecule has 0 spiro atoms. The topological polar surface area (TPSA) is 88.5 Å². The lowest BCUT2D eigenvalue weighted by Crippen LogP contribution is -2.33. The average molecular weight is 474 g/mol. The van der Waals surface area contributed by atoms with Gasteiger partial charge < -0.3 is 21.3 Å². The van der Waals surface area contributed by atoms with E-state index in [1.807, 2.05) is 29.2 Å². The van der Waals surface area contributed by atoms with Crippen molar-refractivity contribution in [1.82, 2.24) is 4.98 Å². The first-order chi connectivity index (χ1) is 16.6. The third-order valence-corrected chi connectivity index (χ3v) is 8.61. The molecule has 34 heavy (non-hydrogen) atoms. The Morgan fingerprint density at radius 3 is 2.76 bits per heavy atom. The quantitative estimate of drug-likeness (QED) is 0.575. The van der Waals surface area contributed by atoms with Gasteiger partial charge in [0.05, 0.1) is 5.69 Å². The van der Waals surface area contributed by atoms with Crippen molar-refractivity contribution in [3.8, 4) is 10.4 Å². The second-order valence-corrected chi connectivity index (χ2v) is 11.0. The highest BCUT2D eigenvalue weighted by molar-refractivity contribution is 7.15. The van der Waals surface area contributed by atoms with Crippen LogP contribution in [0.1, 0.15) is 52.7 Å². The number of aromatic nitrogens is 1. The molecule has 4 heterocycles. The third-order valence-electron chi connectivity index (χ3n) is 7.27. The van der Waals surface area contributed by atoms with Gasteiger partial charge in [0.15, 0.2) is 0 Å². The molecule has 2 fully saturated rings. The largest absolute Gasteiger partial charge is 0.355 e. The molecule has 2 unspecified atom stereocenters. The molecular formula is C27H31N5OS. The van der Waals surface area contributed by atoms with Crippen LogP contribution in [0.25, 0.3) is 10.4 Å². The Bertz CT molecular complexity index is 1220. The van der Waals surface area contributed by atoms with Crippen LogP contribution < -0.4 is 21.3 Å². The number of carbonyl (C=O) groups is 1. The van der Waals surface area contributed by atoms with Crippen molar-refractivity contribution in [2.75, 3.05) is 29.4 Å². The van der Waals surface area contributed by atoms with Crippen molar-refractivity contribution in [3.63, 3.8) is 0 Å². The molecule has 3 aromatic rings. The molecule has 1 saturated carbocycles. The van der Waals surface area contributed by atoms with Crippen molar-refractivity contribution in [2.45, 2.75) is 44.2 Å². The maximum Gasteiger partial charge on any atom is 0.276 e. The number of para-hydroxylation sites is 1. The van der Waals surface area contributed by atoms with E-state index in [1.54, 1.807) is 11.3 Å². The summed E-state index contributed by atoms with van der Waals surface area (Å²) in [5, 5.41) is 0. The van der Waals surface area contributed by atoms with E-state index in [2.05, 4.69) is 29.2 Å². The van der Waals surface area contributed by atoms with Gasteiger partial charge in [-0.1, -0.05) is 37.1 Å². The van der Waals surface area contributed by atoms with Crippen molar-refractivity contribution in [3.05, 3.63) is 64.7 Å². The van der Waals surface area contributed by atoms with Crippen molar-refractivity contribution < 1.29 is 4.79 Å². The zero-order chi connectivity index (χ0) is 23.2. The predicted octanol–water partition coefficient (Wildman–Crippen LogP) is 4.35. The molecule has 3 aliphatic rings. The highest BCUT2D eigenvalue weighted by Gasteiger charge is 2.30. The fraction of sp³-hybridized carbons (Fsp3) is 0.407. The first-order valence-electron chi connectivity index (χ1n) is 12.3. The van der Waals surface area contributed by atoms with Crippen LogP contribution in [0.2, 0.25) is 0 Å². The van der Waals surface area contributed by atoms with Crippen molar-refractivity contribution >= 4 is 28.7 Å². The zero-order valence-electron chi connectivity index (χ0n) is 19.3. The van der Waals surface area contributed by atoms with E-state index in [0.717, 1.165) is 55.3 Å². The molecule has 176 valence electrons. The summed E-state index contributed by atoms with van der Waals surface area (Å²) in [5.41, 5.74) is 16.5. The molecule has 6 nitrogen and oxygen atoms in total. The average Bonchev–Trinajstić information content (AvgIpc) is 3.44. The summed E-state index contributed by atoms with van der Waals surface area (Å²) in [6, 6.07) is 16.5. The summed E-state index contributed by atoms with van der Waals surface area (Å²) in [4.78, 5) is 25.1. The van der Waals surface area contributed by atoms with E-state index in [0.29, 0.717) is 12.2 Å². The Labute approximate surface area is 204 Å². The summed E-state index contributed by atoms with van der Waals surface area (Å²) in [6.45, 7) is 2.28. The third kappa shape index (κ3) is 4.13. The maximum absolute atomic E-state index is 13.7. The Hall–Kier alpha value is -2.74. The number of nitrogens with zero attached hydrogens (tertiary/aromatic N) is 3. The van der Waals surface area contributed by atoms with E-state index in [9.17, 15) is 4.79 Å². The van der Waals surface area contributed by atoms with Gasteiger partial charge in [-0.15, -0.1) is 11.3 Å². The van der Waals surface area contributed by atoms with Gasteiger partial charge in [0, 0.05) is 47.0 Å². The van der Waals surface area contributed by atoms with Crippen LogP contribution in [-0.2, 0) is 6.42 Å². The molecule has 1 aromatic carbocycles. The van der Waals surface area contributed by atoms with Gasteiger partial charge in [-0.3, -0.25) is 4.79 Å². The Kier molecular flexibility index (Phi) is 5.63. The Morgan fingerprint density at radius 1 is 1.12 bits per heavy atom. The molecule has 1 saturated heterocycles. The van der Waals surface area contributed by atoms with Crippen LogP contribution in [0.5, 0.6) is 0 Å². The maximum atomic E-state index is 13.7. The lowest BCUT2D eigenvalue weighted by atomic mass is 10.1. The van der Waals surface area contributed by atoms with Crippen LogP contribution in [-0.4, -0.2) is 36.6 Å². The van der Waals surface area contributed by atoms with Crippen LogP contribution in [0.15, 0.2) is 48.5 Å². The minimum absolute atomic E-state index is 0.0568. The van der Waals surface area contributed by atoms with Crippen LogP contribution in [0.4, 0.5) is 11.5 Å². The number of rotatable bonds is 5. The number of benzene rings is 1. The summed E-state index contributed by atoms with van der Waals surface area (Å²) in [7, 11) is 0. The van der Waals surface area contributed by atoms with Crippen molar-refractivity contribution in [2.24, 2.45) is 17.4 Å². The lowest BCUT2D eigenvalue weighted by Gasteiger charge is -2.24. The standard InChI is InChI=1S/C27H31N5OS/c28-19-11-12-31(16-19)25-7-3-5-22(30-25)27(33)32-13-10-18-15-24(21(29)14-17-8-9-17)34-26(18)20-4-1-2-6-23(20)32/h1-7,15,17,19,21H,8-14,16,28-29H2. The van der Waals surface area contributed by atoms with Crippen molar-refractivity contribution in [1.29, 1.82) is 0 Å². The number of nitrogens with two attached hydrogens (primary N) is 2. The molecule has 1 aliphatic carbocycles. The highest BCUT2D eigenvalue weighted by atomic mass is 32.1. The molecule has 0 bridgehead atoms. The van der Waals surface area contributed by atoms with E-state index >= 15 is 0 Å². The highest BCUT2D eigenvalue weighted by Crippen LogP contribution is 2.45. The first-order valence-corrected chi connectivity index (χ1v) is 13.2. The number of pyridine rings is 1. The number of hydrogen-bond donors (Lipinski definition) is 2. The molecule has 2 aliphatic heterocycles. The zero-order valence-corrected chi connectivity index (χ0v) is 20.1. The van der Waals surface area contributed by atoms with Gasteiger partial charge in [0.1, 0.15) is 11.5 Å². The van der Waals surface area contributed by atoms with Gasteiger partial charge in [-0.25, -0.2) is 4.98 Å². The predicted molar refractivity (Wildman–Crippen MR) is 138 cm³/mol. The van der Waals surface area contributed by atoms with Gasteiger partial charge in [-0.2, -0.15) is 0 Å². The van der Waals surface area contributed by atoms with Crippen LogP contribution in [0, 0.1) is 5.92 Å². The minimum Gasteiger partial charge on any atom is -0.355 e. The van der Waals surface area contributed by atoms with Crippen LogP contribution >= 0.6 is 11.3 Å². The molecule has 2 atom stereocenters. The van der Waals surface area contributed by atoms with E-state index < -0.39 is 0 Å². The number of thiophene rings is 1. The second-order valence-electron chi connectivity index (χ2n) is 9.89. The van der Waals surface area contributed by atoms with E-state index in [1.165, 1.54) is 28.2 Å². The minimum atomic E-state index is -0.0568. The smallest absolute Gasteiger partial charge is 0.276 e. The monoisotopic (exact) mass is 473 g/mol. The lowest BCUT2D eigenvalue weighted by molar-refractivity contribution is 0.0983. The molecule has 2 aromatic heterocycles. The summed E-state index contributed by atoms with van der Waals surface area (Å²) < 4.78 is 0. The van der Waals surface area contributed by atoms with Gasteiger partial charge in [0.2, 0.25) is 0 Å². The Morgan fingerprint density at radius 2 is 1.97 bits per heavy atom. The van der Waals surface area contributed by atoms with Crippen LogP contribution in [0.3, 0.4) is 0 Å². The SMILES string of the molecule is NC1CCN(c2cccc(C(=O)N3CCc4cc(C(N)CC5CC5)sc4-c4ccccc43)n2)C1. The molecule has 7 heteroatoms.